The molecule has 0 saturated heterocycles. The highest BCUT2D eigenvalue weighted by Crippen LogP contribution is 2.15. The molecule has 2 atom stereocenters. The van der Waals surface area contributed by atoms with Crippen LogP contribution in [-0.2, 0) is 10.4 Å². The van der Waals surface area contributed by atoms with Crippen LogP contribution in [0.2, 0.25) is 0 Å². The summed E-state index contributed by atoms with van der Waals surface area (Å²) in [4.78, 5) is 0. The van der Waals surface area contributed by atoms with Gasteiger partial charge in [0.1, 0.15) is 0 Å². The minimum atomic E-state index is -4.67. The van der Waals surface area contributed by atoms with Gasteiger partial charge < -0.3 is 5.11 Å². The highest BCUT2D eigenvalue weighted by atomic mass is 32.3. The fourth-order valence-corrected chi connectivity index (χ4v) is 2.02. The smallest absolute Gasteiger partial charge is 0.393 e. The molecule has 0 fully saturated rings. The molecule has 0 aliphatic carbocycles. The summed E-state index contributed by atoms with van der Waals surface area (Å²) in [5, 5.41) is 9.34. The Balaban J connectivity index is 0. The second kappa shape index (κ2) is 14.8. The van der Waals surface area contributed by atoms with Gasteiger partial charge in [0.2, 0.25) is 0 Å². The molecule has 0 bridgehead atoms. The molecule has 0 amide bonds. The third-order valence-electron chi connectivity index (χ3n) is 3.59. The molecule has 0 spiro atoms. The lowest BCUT2D eigenvalue weighted by atomic mass is 9.98. The van der Waals surface area contributed by atoms with Crippen LogP contribution in [0.15, 0.2) is 0 Å². The van der Waals surface area contributed by atoms with Gasteiger partial charge in [-0.3, -0.25) is 9.11 Å². The Hall–Kier alpha value is -0.170. The molecule has 5 nitrogen and oxygen atoms in total. The van der Waals surface area contributed by atoms with Crippen LogP contribution in [0.1, 0.15) is 85.0 Å². The van der Waals surface area contributed by atoms with E-state index in [2.05, 4.69) is 13.8 Å². The van der Waals surface area contributed by atoms with Crippen LogP contribution < -0.4 is 0 Å². The van der Waals surface area contributed by atoms with Crippen LogP contribution in [0.25, 0.3) is 0 Å². The maximum Gasteiger partial charge on any atom is 0.394 e. The van der Waals surface area contributed by atoms with Crippen molar-refractivity contribution in [3.05, 3.63) is 0 Å². The molecule has 0 heterocycles. The number of hydrogen-bond acceptors (Lipinski definition) is 3. The zero-order chi connectivity index (χ0) is 16.7. The summed E-state index contributed by atoms with van der Waals surface area (Å²) in [5.41, 5.74) is 0. The predicted molar refractivity (Wildman–Crippen MR) is 86.9 cm³/mol. The van der Waals surface area contributed by atoms with E-state index in [1.807, 2.05) is 6.92 Å². The van der Waals surface area contributed by atoms with Crippen molar-refractivity contribution in [3.63, 3.8) is 0 Å². The van der Waals surface area contributed by atoms with Crippen LogP contribution in [0.4, 0.5) is 0 Å². The van der Waals surface area contributed by atoms with Crippen molar-refractivity contribution in [2.45, 2.75) is 91.1 Å². The fraction of sp³-hybridized carbons (Fsp3) is 1.00. The van der Waals surface area contributed by atoms with E-state index in [4.69, 9.17) is 17.5 Å². The first-order chi connectivity index (χ1) is 9.68. The average molecular weight is 326 g/mol. The minimum absolute atomic E-state index is 0.131. The lowest BCUT2D eigenvalue weighted by Gasteiger charge is -2.13. The highest BCUT2D eigenvalue weighted by Gasteiger charge is 2.07. The first-order valence-corrected chi connectivity index (χ1v) is 9.46. The first kappa shape index (κ1) is 23.1. The molecule has 0 aromatic rings. The number of hydrogen-bond donors (Lipinski definition) is 3. The predicted octanol–water partition coefficient (Wildman–Crippen LogP) is 4.27. The Labute approximate surface area is 130 Å². The summed E-state index contributed by atoms with van der Waals surface area (Å²) in [5.74, 6) is 0.476. The second-order valence-electron chi connectivity index (χ2n) is 5.78. The Morgan fingerprint density at radius 1 is 0.810 bits per heavy atom. The maximum absolute atomic E-state index is 9.34. The third kappa shape index (κ3) is 28.7. The summed E-state index contributed by atoms with van der Waals surface area (Å²) < 4.78 is 31.6. The van der Waals surface area contributed by atoms with E-state index < -0.39 is 10.4 Å². The first-order valence-electron chi connectivity index (χ1n) is 8.06. The van der Waals surface area contributed by atoms with E-state index >= 15 is 0 Å². The van der Waals surface area contributed by atoms with Gasteiger partial charge in [0.25, 0.3) is 0 Å². The van der Waals surface area contributed by atoms with Crippen LogP contribution in [0.3, 0.4) is 0 Å². The van der Waals surface area contributed by atoms with E-state index in [1.54, 1.807) is 0 Å². The van der Waals surface area contributed by atoms with Crippen molar-refractivity contribution >= 4 is 10.4 Å². The van der Waals surface area contributed by atoms with E-state index in [0.717, 1.165) is 0 Å². The van der Waals surface area contributed by atoms with Crippen molar-refractivity contribution in [1.29, 1.82) is 0 Å². The van der Waals surface area contributed by atoms with E-state index in [0.29, 0.717) is 5.92 Å². The summed E-state index contributed by atoms with van der Waals surface area (Å²) in [7, 11) is -4.67. The zero-order valence-corrected chi connectivity index (χ0v) is 14.6. The normalized spacial score (nSPS) is 14.2. The molecule has 3 N–H and O–H groups in total. The van der Waals surface area contributed by atoms with Gasteiger partial charge in [-0.15, -0.1) is 0 Å². The number of rotatable bonds is 11. The van der Waals surface area contributed by atoms with Gasteiger partial charge in [-0.05, 0) is 19.3 Å². The minimum Gasteiger partial charge on any atom is -0.393 e. The van der Waals surface area contributed by atoms with Gasteiger partial charge in [0.15, 0.2) is 0 Å². The molecule has 21 heavy (non-hydrogen) atoms. The largest absolute Gasteiger partial charge is 0.394 e. The van der Waals surface area contributed by atoms with Crippen molar-refractivity contribution < 1.29 is 22.6 Å². The highest BCUT2D eigenvalue weighted by molar-refractivity contribution is 7.79. The molecule has 0 radical (unpaired) electrons. The average Bonchev–Trinajstić information content (AvgIpc) is 2.34. The summed E-state index contributed by atoms with van der Waals surface area (Å²) >= 11 is 0. The summed E-state index contributed by atoms with van der Waals surface area (Å²) in [6.07, 6.45) is 13.5. The van der Waals surface area contributed by atoms with Gasteiger partial charge in [0.05, 0.1) is 6.10 Å². The van der Waals surface area contributed by atoms with Crippen molar-refractivity contribution in [3.8, 4) is 0 Å². The van der Waals surface area contributed by atoms with E-state index in [-0.39, 0.29) is 6.10 Å². The van der Waals surface area contributed by atoms with Crippen molar-refractivity contribution in [2.75, 3.05) is 0 Å². The number of aliphatic hydroxyl groups excluding tert-OH is 1. The molecular weight excluding hydrogens is 292 g/mol. The molecule has 0 aromatic heterocycles. The maximum atomic E-state index is 9.34. The molecule has 130 valence electrons. The molecule has 0 aromatic carbocycles. The Morgan fingerprint density at radius 3 is 1.48 bits per heavy atom. The molecule has 0 aliphatic heterocycles. The van der Waals surface area contributed by atoms with Gasteiger partial charge in [-0.1, -0.05) is 71.6 Å². The SMILES string of the molecule is CCCCCCCCCCCC(C)C(C)O.O=S(=O)(O)O. The molecule has 2 unspecified atom stereocenters. The van der Waals surface area contributed by atoms with Gasteiger partial charge in [-0.25, -0.2) is 0 Å². The summed E-state index contributed by atoms with van der Waals surface area (Å²) in [6.45, 7) is 6.32. The Kier molecular flexibility index (Phi) is 16.2. The lowest BCUT2D eigenvalue weighted by Crippen LogP contribution is -2.12. The molecule has 0 rings (SSSR count). The standard InChI is InChI=1S/C15H32O.H2O4S/c1-4-5-6-7-8-9-10-11-12-13-14(2)15(3)16;1-5(2,3)4/h14-16H,4-13H2,1-3H3;(H2,1,2,3,4). The van der Waals surface area contributed by atoms with E-state index in [9.17, 15) is 5.11 Å². The van der Waals surface area contributed by atoms with Crippen molar-refractivity contribution in [2.24, 2.45) is 5.92 Å². The molecular formula is C15H34O5S. The Bertz CT molecular complexity index is 293. The third-order valence-corrected chi connectivity index (χ3v) is 3.59. The Morgan fingerprint density at radius 2 is 1.14 bits per heavy atom. The van der Waals surface area contributed by atoms with E-state index in [1.165, 1.54) is 64.2 Å². The lowest BCUT2D eigenvalue weighted by molar-refractivity contribution is 0.128. The molecule has 6 heteroatoms. The zero-order valence-electron chi connectivity index (χ0n) is 13.8. The van der Waals surface area contributed by atoms with Gasteiger partial charge in [-0.2, -0.15) is 8.42 Å². The number of aliphatic hydroxyl groups is 1. The van der Waals surface area contributed by atoms with Crippen LogP contribution in [0.5, 0.6) is 0 Å². The quantitative estimate of drug-likeness (QED) is 0.389. The molecule has 0 saturated carbocycles. The second-order valence-corrected chi connectivity index (χ2v) is 6.68. The molecule has 0 aliphatic rings. The monoisotopic (exact) mass is 326 g/mol. The topological polar surface area (TPSA) is 94.8 Å². The van der Waals surface area contributed by atoms with Crippen molar-refractivity contribution in [1.82, 2.24) is 0 Å². The fourth-order valence-electron chi connectivity index (χ4n) is 2.02. The van der Waals surface area contributed by atoms with Gasteiger partial charge >= 0.3 is 10.4 Å². The summed E-state index contributed by atoms with van der Waals surface area (Å²) in [6, 6.07) is 0. The van der Waals surface area contributed by atoms with Crippen LogP contribution in [-0.4, -0.2) is 28.7 Å². The van der Waals surface area contributed by atoms with Gasteiger partial charge in [0, 0.05) is 0 Å². The number of unbranched alkanes of at least 4 members (excludes halogenated alkanes) is 8. The van der Waals surface area contributed by atoms with Crippen LogP contribution >= 0.6 is 0 Å². The van der Waals surface area contributed by atoms with Crippen LogP contribution in [0, 0.1) is 5.92 Å².